The zero-order valence-corrected chi connectivity index (χ0v) is 16.5. The summed E-state index contributed by atoms with van der Waals surface area (Å²) in [7, 11) is -2.53. The van der Waals surface area contributed by atoms with Gasteiger partial charge in [0.05, 0.1) is 17.7 Å². The van der Waals surface area contributed by atoms with E-state index in [0.717, 1.165) is 6.42 Å². The summed E-state index contributed by atoms with van der Waals surface area (Å²) in [6.07, 6.45) is 0.780. The summed E-state index contributed by atoms with van der Waals surface area (Å²) < 4.78 is 38.2. The van der Waals surface area contributed by atoms with Crippen LogP contribution < -0.4 is 20.3 Å². The number of amides is 2. The number of nitrogens with one attached hydrogen (secondary N) is 3. The van der Waals surface area contributed by atoms with E-state index in [1.165, 1.54) is 31.4 Å². The highest BCUT2D eigenvalue weighted by atomic mass is 32.2. The highest BCUT2D eigenvalue weighted by Gasteiger charge is 2.24. The summed E-state index contributed by atoms with van der Waals surface area (Å²) in [5.41, 5.74) is 4.90. The number of ether oxygens (including phenoxy) is 2. The Morgan fingerprint density at radius 2 is 1.90 bits per heavy atom. The van der Waals surface area contributed by atoms with Crippen LogP contribution in [-0.4, -0.2) is 40.1 Å². The number of rotatable bonds is 6. The van der Waals surface area contributed by atoms with Gasteiger partial charge in [0.15, 0.2) is 0 Å². The van der Waals surface area contributed by atoms with Gasteiger partial charge in [0.2, 0.25) is 0 Å². The lowest BCUT2D eigenvalue weighted by Crippen LogP contribution is -2.46. The van der Waals surface area contributed by atoms with E-state index in [2.05, 4.69) is 15.6 Å². The molecule has 2 amide bonds. The average Bonchev–Trinajstić information content (AvgIpc) is 3.27. The molecule has 154 valence electrons. The van der Waals surface area contributed by atoms with Gasteiger partial charge >= 0.3 is 0 Å². The first-order chi connectivity index (χ1) is 13.9. The van der Waals surface area contributed by atoms with Gasteiger partial charge in [-0.05, 0) is 43.2 Å². The van der Waals surface area contributed by atoms with Crippen LogP contribution >= 0.6 is 0 Å². The van der Waals surface area contributed by atoms with Crippen molar-refractivity contribution in [3.05, 3.63) is 54.1 Å². The Labute approximate surface area is 168 Å². The quantitative estimate of drug-likeness (QED) is 0.609. The Balaban J connectivity index is 1.70. The highest BCUT2D eigenvalue weighted by Crippen LogP contribution is 2.26. The number of benzene rings is 2. The lowest BCUT2D eigenvalue weighted by molar-refractivity contribution is -0.130. The Morgan fingerprint density at radius 3 is 2.62 bits per heavy atom. The summed E-state index contributed by atoms with van der Waals surface area (Å²) >= 11 is 0. The first kappa shape index (κ1) is 20.6. The van der Waals surface area contributed by atoms with Gasteiger partial charge < -0.3 is 9.47 Å². The van der Waals surface area contributed by atoms with Crippen LogP contribution in [0.15, 0.2) is 53.4 Å². The lowest BCUT2D eigenvalue weighted by Gasteiger charge is -2.13. The number of carbonyl (C=O) groups excluding carboxylic acids is 2. The normalized spacial score (nSPS) is 16.1. The number of sulfonamides is 1. The molecule has 9 nitrogen and oxygen atoms in total. The Morgan fingerprint density at radius 1 is 1.10 bits per heavy atom. The lowest BCUT2D eigenvalue weighted by atomic mass is 10.2. The molecule has 29 heavy (non-hydrogen) atoms. The minimum absolute atomic E-state index is 0.0699. The molecule has 1 aliphatic rings. The van der Waals surface area contributed by atoms with Gasteiger partial charge in [-0.3, -0.25) is 25.2 Å². The van der Waals surface area contributed by atoms with Crippen LogP contribution in [0.25, 0.3) is 0 Å². The van der Waals surface area contributed by atoms with E-state index in [1.54, 1.807) is 24.3 Å². The molecule has 0 bridgehead atoms. The predicted molar refractivity (Wildman–Crippen MR) is 105 cm³/mol. The monoisotopic (exact) mass is 419 g/mol. The Kier molecular flexibility index (Phi) is 6.35. The van der Waals surface area contributed by atoms with Gasteiger partial charge in [0.25, 0.3) is 21.8 Å². The van der Waals surface area contributed by atoms with E-state index in [0.29, 0.717) is 18.8 Å². The molecular weight excluding hydrogens is 398 g/mol. The largest absolute Gasteiger partial charge is 0.495 e. The minimum atomic E-state index is -3.96. The number of hydrogen-bond donors (Lipinski definition) is 3. The van der Waals surface area contributed by atoms with Crippen molar-refractivity contribution in [3.8, 4) is 5.75 Å². The molecule has 1 unspecified atom stereocenters. The smallest absolute Gasteiger partial charge is 0.269 e. The molecule has 3 N–H and O–H groups in total. The molecule has 1 atom stereocenters. The Bertz CT molecular complexity index is 1000. The number of hydrazine groups is 1. The van der Waals surface area contributed by atoms with Crippen molar-refractivity contribution in [3.63, 3.8) is 0 Å². The van der Waals surface area contributed by atoms with Gasteiger partial charge in [-0.1, -0.05) is 18.2 Å². The molecule has 1 saturated heterocycles. The number of anilines is 1. The number of methoxy groups -OCH3 is 1. The van der Waals surface area contributed by atoms with Crippen LogP contribution in [0.1, 0.15) is 23.2 Å². The van der Waals surface area contributed by atoms with E-state index >= 15 is 0 Å². The van der Waals surface area contributed by atoms with Crippen LogP contribution in [-0.2, 0) is 19.6 Å². The van der Waals surface area contributed by atoms with Gasteiger partial charge in [-0.2, -0.15) is 0 Å². The molecule has 0 saturated carbocycles. The van der Waals surface area contributed by atoms with Crippen molar-refractivity contribution in [1.29, 1.82) is 0 Å². The maximum absolute atomic E-state index is 12.7. The number of para-hydroxylation sites is 2. The fraction of sp³-hybridized carbons (Fsp3) is 0.263. The maximum atomic E-state index is 12.7. The van der Waals surface area contributed by atoms with Gasteiger partial charge in [-0.25, -0.2) is 8.42 Å². The van der Waals surface area contributed by atoms with Crippen molar-refractivity contribution in [2.75, 3.05) is 18.4 Å². The fourth-order valence-electron chi connectivity index (χ4n) is 2.79. The predicted octanol–water partition coefficient (Wildman–Crippen LogP) is 1.44. The number of carbonyl (C=O) groups is 2. The van der Waals surface area contributed by atoms with Crippen molar-refractivity contribution in [2.45, 2.75) is 23.8 Å². The summed E-state index contributed by atoms with van der Waals surface area (Å²) in [5, 5.41) is 0. The molecule has 0 aromatic heterocycles. The van der Waals surface area contributed by atoms with Crippen LogP contribution in [0.4, 0.5) is 5.69 Å². The van der Waals surface area contributed by atoms with Crippen molar-refractivity contribution in [2.24, 2.45) is 0 Å². The van der Waals surface area contributed by atoms with Gasteiger partial charge in [-0.15, -0.1) is 0 Å². The molecule has 0 spiro atoms. The van der Waals surface area contributed by atoms with Crippen molar-refractivity contribution >= 4 is 27.5 Å². The summed E-state index contributed by atoms with van der Waals surface area (Å²) in [5.74, 6) is -0.732. The molecule has 3 rings (SSSR count). The molecule has 1 fully saturated rings. The SMILES string of the molecule is COc1ccccc1NS(=O)(=O)c1cccc(C(=O)NNC(=O)C2CCCO2)c1. The second-order valence-corrected chi connectivity index (χ2v) is 7.96. The first-order valence-corrected chi connectivity index (χ1v) is 10.4. The molecule has 1 heterocycles. The third kappa shape index (κ3) is 5.04. The van der Waals surface area contributed by atoms with Crippen LogP contribution in [0.5, 0.6) is 5.75 Å². The zero-order chi connectivity index (χ0) is 20.9. The second kappa shape index (κ2) is 8.93. The summed E-state index contributed by atoms with van der Waals surface area (Å²) in [4.78, 5) is 24.1. The van der Waals surface area contributed by atoms with Crippen LogP contribution in [0.3, 0.4) is 0 Å². The average molecular weight is 419 g/mol. The molecular formula is C19H21N3O6S. The molecule has 10 heteroatoms. The second-order valence-electron chi connectivity index (χ2n) is 6.28. The third-order valence-electron chi connectivity index (χ3n) is 4.28. The first-order valence-electron chi connectivity index (χ1n) is 8.88. The summed E-state index contributed by atoms with van der Waals surface area (Å²) in [6, 6.07) is 12.0. The van der Waals surface area contributed by atoms with E-state index in [9.17, 15) is 18.0 Å². The molecule has 0 aliphatic carbocycles. The molecule has 2 aromatic carbocycles. The zero-order valence-electron chi connectivity index (χ0n) is 15.7. The van der Waals surface area contributed by atoms with Crippen LogP contribution in [0, 0.1) is 0 Å². The maximum Gasteiger partial charge on any atom is 0.269 e. The van der Waals surface area contributed by atoms with Crippen molar-refractivity contribution < 1.29 is 27.5 Å². The third-order valence-corrected chi connectivity index (χ3v) is 5.64. The minimum Gasteiger partial charge on any atom is -0.495 e. The van der Waals surface area contributed by atoms with Gasteiger partial charge in [0, 0.05) is 12.2 Å². The topological polar surface area (TPSA) is 123 Å². The summed E-state index contributed by atoms with van der Waals surface area (Å²) in [6.45, 7) is 0.505. The van der Waals surface area contributed by atoms with Gasteiger partial charge in [0.1, 0.15) is 11.9 Å². The molecule has 0 radical (unpaired) electrons. The Hall–Kier alpha value is -3.11. The van der Waals surface area contributed by atoms with E-state index < -0.39 is 27.9 Å². The van der Waals surface area contributed by atoms with Crippen LogP contribution in [0.2, 0.25) is 0 Å². The molecule has 1 aliphatic heterocycles. The van der Waals surface area contributed by atoms with E-state index in [-0.39, 0.29) is 16.1 Å². The van der Waals surface area contributed by atoms with E-state index in [4.69, 9.17) is 9.47 Å². The van der Waals surface area contributed by atoms with Crippen molar-refractivity contribution in [1.82, 2.24) is 10.9 Å². The molecule has 2 aromatic rings. The number of hydrogen-bond acceptors (Lipinski definition) is 6. The van der Waals surface area contributed by atoms with E-state index in [1.807, 2.05) is 0 Å². The fourth-order valence-corrected chi connectivity index (χ4v) is 3.91. The highest BCUT2D eigenvalue weighted by molar-refractivity contribution is 7.92. The standard InChI is InChI=1S/C19H21N3O6S/c1-27-16-9-3-2-8-15(16)22-29(25,26)14-7-4-6-13(12-14)18(23)20-21-19(24)17-10-5-11-28-17/h2-4,6-9,12,17,22H,5,10-11H2,1H3,(H,20,23)(H,21,24).